The van der Waals surface area contributed by atoms with Gasteiger partial charge in [-0.15, -0.1) is 0 Å². The van der Waals surface area contributed by atoms with Crippen LogP contribution in [0.4, 0.5) is 0 Å². The number of nitrogens with one attached hydrogen (secondary N) is 2. The Bertz CT molecular complexity index is 530. The van der Waals surface area contributed by atoms with Gasteiger partial charge in [0.05, 0.1) is 6.10 Å². The molecule has 110 valence electrons. The minimum atomic E-state index is -0.123. The smallest absolute Gasteiger partial charge is 0.253 e. The summed E-state index contributed by atoms with van der Waals surface area (Å²) in [6.45, 7) is 4.82. The first-order chi connectivity index (χ1) is 9.56. The number of aromatic nitrogens is 1. The molecule has 0 radical (unpaired) electrons. The lowest BCUT2D eigenvalue weighted by atomic mass is 10.1. The number of aryl methyl sites for hydroxylation is 2. The summed E-state index contributed by atoms with van der Waals surface area (Å²) < 4.78 is 5.48. The lowest BCUT2D eigenvalue weighted by molar-refractivity contribution is -0.121. The Morgan fingerprint density at radius 2 is 2.30 bits per heavy atom. The fraction of sp³-hybridized carbons (Fsp3) is 0.600. The van der Waals surface area contributed by atoms with E-state index in [1.54, 1.807) is 0 Å². The monoisotopic (exact) mass is 278 g/mol. The molecule has 20 heavy (non-hydrogen) atoms. The van der Waals surface area contributed by atoms with Gasteiger partial charge in [-0.2, -0.15) is 0 Å². The van der Waals surface area contributed by atoms with Gasteiger partial charge < -0.3 is 15.0 Å². The van der Waals surface area contributed by atoms with Crippen molar-refractivity contribution in [1.29, 1.82) is 0 Å². The van der Waals surface area contributed by atoms with Crippen LogP contribution in [0.25, 0.3) is 0 Å². The second-order valence-corrected chi connectivity index (χ2v) is 5.39. The molecule has 0 bridgehead atoms. The molecule has 2 heterocycles. The molecule has 1 saturated heterocycles. The molecule has 1 fully saturated rings. The highest BCUT2D eigenvalue weighted by molar-refractivity contribution is 5.75. The average molecular weight is 278 g/mol. The fourth-order valence-electron chi connectivity index (χ4n) is 2.54. The Balaban J connectivity index is 1.82. The van der Waals surface area contributed by atoms with Crippen molar-refractivity contribution >= 4 is 5.91 Å². The van der Waals surface area contributed by atoms with E-state index < -0.39 is 0 Å². The zero-order chi connectivity index (χ0) is 14.5. The van der Waals surface area contributed by atoms with Crippen molar-refractivity contribution in [2.45, 2.75) is 52.2 Å². The van der Waals surface area contributed by atoms with Gasteiger partial charge in [-0.1, -0.05) is 0 Å². The van der Waals surface area contributed by atoms with Crippen LogP contribution in [0.3, 0.4) is 0 Å². The molecule has 1 atom stereocenters. The number of H-pyrrole nitrogens is 1. The number of hydrogen-bond acceptors (Lipinski definition) is 3. The number of ether oxygens (including phenoxy) is 1. The molecule has 2 rings (SSSR count). The molecule has 1 amide bonds. The van der Waals surface area contributed by atoms with Gasteiger partial charge in [0.2, 0.25) is 5.91 Å². The molecule has 5 heteroatoms. The largest absolute Gasteiger partial charge is 0.378 e. The molecule has 2 N–H and O–H groups in total. The van der Waals surface area contributed by atoms with Crippen LogP contribution in [0.5, 0.6) is 0 Å². The highest BCUT2D eigenvalue weighted by Gasteiger charge is 2.16. The first-order valence-corrected chi connectivity index (χ1v) is 7.14. The molecule has 0 saturated carbocycles. The maximum absolute atomic E-state index is 11.8. The summed E-state index contributed by atoms with van der Waals surface area (Å²) in [5.41, 5.74) is 2.25. The molecule has 0 unspecified atom stereocenters. The van der Waals surface area contributed by atoms with Crippen LogP contribution in [0.2, 0.25) is 0 Å². The summed E-state index contributed by atoms with van der Waals surface area (Å²) in [5.74, 6) is -0.0279. The van der Waals surface area contributed by atoms with E-state index in [-0.39, 0.29) is 24.1 Å². The topological polar surface area (TPSA) is 71.2 Å². The molecule has 1 aliphatic rings. The lowest BCUT2D eigenvalue weighted by Crippen LogP contribution is -2.28. The first kappa shape index (κ1) is 14.8. The molecule has 1 aromatic heterocycles. The highest BCUT2D eigenvalue weighted by Crippen LogP contribution is 2.16. The number of carbonyl (C=O) groups is 1. The third kappa shape index (κ3) is 3.93. The minimum Gasteiger partial charge on any atom is -0.378 e. The summed E-state index contributed by atoms with van der Waals surface area (Å²) in [6.07, 6.45) is 3.57. The molecule has 5 nitrogen and oxygen atoms in total. The summed E-state index contributed by atoms with van der Waals surface area (Å²) in [6, 6.07) is 1.91. The quantitative estimate of drug-likeness (QED) is 0.858. The van der Waals surface area contributed by atoms with Crippen LogP contribution in [0.15, 0.2) is 10.9 Å². The number of aromatic amines is 1. The van der Waals surface area contributed by atoms with E-state index >= 15 is 0 Å². The SMILES string of the molecule is Cc1cc(C)c(CNC(=O)CC[C@H]2CCCO2)c(=O)[nH]1. The third-order valence-corrected chi connectivity index (χ3v) is 3.67. The van der Waals surface area contributed by atoms with Crippen LogP contribution in [0, 0.1) is 13.8 Å². The second kappa shape index (κ2) is 6.70. The molecular weight excluding hydrogens is 256 g/mol. The van der Waals surface area contributed by atoms with Gasteiger partial charge in [-0.3, -0.25) is 9.59 Å². The zero-order valence-electron chi connectivity index (χ0n) is 12.1. The van der Waals surface area contributed by atoms with Gasteiger partial charge in [0, 0.05) is 30.8 Å². The van der Waals surface area contributed by atoms with Gasteiger partial charge in [0.1, 0.15) is 0 Å². The van der Waals surface area contributed by atoms with Crippen LogP contribution in [-0.4, -0.2) is 23.6 Å². The van der Waals surface area contributed by atoms with Gasteiger partial charge in [0.25, 0.3) is 5.56 Å². The summed E-state index contributed by atoms with van der Waals surface area (Å²) in [7, 11) is 0. The van der Waals surface area contributed by atoms with Crippen molar-refractivity contribution in [3.05, 3.63) is 33.2 Å². The standard InChI is InChI=1S/C15H22N2O3/c1-10-8-11(2)17-15(19)13(10)9-16-14(18)6-5-12-4-3-7-20-12/h8,12H,3-7,9H2,1-2H3,(H,16,18)(H,17,19)/t12-/m1/s1. The summed E-state index contributed by atoms with van der Waals surface area (Å²) >= 11 is 0. The van der Waals surface area contributed by atoms with Crippen molar-refractivity contribution in [3.8, 4) is 0 Å². The van der Waals surface area contributed by atoms with E-state index in [0.29, 0.717) is 12.0 Å². The molecule has 1 aliphatic heterocycles. The fourth-order valence-corrected chi connectivity index (χ4v) is 2.54. The predicted molar refractivity (Wildman–Crippen MR) is 76.6 cm³/mol. The van der Waals surface area contributed by atoms with Gasteiger partial charge in [-0.05, 0) is 44.7 Å². The third-order valence-electron chi connectivity index (χ3n) is 3.67. The van der Waals surface area contributed by atoms with E-state index in [2.05, 4.69) is 10.3 Å². The number of pyridine rings is 1. The van der Waals surface area contributed by atoms with E-state index in [0.717, 1.165) is 37.1 Å². The highest BCUT2D eigenvalue weighted by atomic mass is 16.5. The van der Waals surface area contributed by atoms with E-state index in [4.69, 9.17) is 4.74 Å². The van der Waals surface area contributed by atoms with E-state index in [1.807, 2.05) is 19.9 Å². The number of amides is 1. The summed E-state index contributed by atoms with van der Waals surface area (Å²) in [4.78, 5) is 26.4. The second-order valence-electron chi connectivity index (χ2n) is 5.39. The predicted octanol–water partition coefficient (Wildman–Crippen LogP) is 1.57. The van der Waals surface area contributed by atoms with Crippen molar-refractivity contribution in [2.24, 2.45) is 0 Å². The molecule has 0 aromatic carbocycles. The van der Waals surface area contributed by atoms with E-state index in [9.17, 15) is 9.59 Å². The lowest BCUT2D eigenvalue weighted by Gasteiger charge is -2.10. The average Bonchev–Trinajstić information content (AvgIpc) is 2.88. The summed E-state index contributed by atoms with van der Waals surface area (Å²) in [5, 5.41) is 2.81. The normalized spacial score (nSPS) is 18.2. The molecule has 1 aromatic rings. The molecule has 0 aliphatic carbocycles. The van der Waals surface area contributed by atoms with Gasteiger partial charge in [0.15, 0.2) is 0 Å². The van der Waals surface area contributed by atoms with Crippen LogP contribution in [0.1, 0.15) is 42.5 Å². The maximum atomic E-state index is 11.8. The van der Waals surface area contributed by atoms with Crippen LogP contribution >= 0.6 is 0 Å². The Labute approximate surface area is 118 Å². The number of rotatable bonds is 5. The minimum absolute atomic E-state index is 0.0279. The van der Waals surface area contributed by atoms with Crippen LogP contribution < -0.4 is 10.9 Å². The van der Waals surface area contributed by atoms with Gasteiger partial charge >= 0.3 is 0 Å². The first-order valence-electron chi connectivity index (χ1n) is 7.14. The van der Waals surface area contributed by atoms with Crippen molar-refractivity contribution in [1.82, 2.24) is 10.3 Å². The van der Waals surface area contributed by atoms with E-state index in [1.165, 1.54) is 0 Å². The maximum Gasteiger partial charge on any atom is 0.253 e. The zero-order valence-corrected chi connectivity index (χ0v) is 12.1. The Hall–Kier alpha value is -1.62. The Kier molecular flexibility index (Phi) is 4.95. The Morgan fingerprint density at radius 1 is 1.50 bits per heavy atom. The molecule has 0 spiro atoms. The number of hydrogen-bond donors (Lipinski definition) is 2. The van der Waals surface area contributed by atoms with Gasteiger partial charge in [-0.25, -0.2) is 0 Å². The number of carbonyl (C=O) groups excluding carboxylic acids is 1. The Morgan fingerprint density at radius 3 is 2.95 bits per heavy atom. The van der Waals surface area contributed by atoms with Crippen molar-refractivity contribution in [2.75, 3.05) is 6.61 Å². The molecular formula is C15H22N2O3. The van der Waals surface area contributed by atoms with Crippen LogP contribution in [-0.2, 0) is 16.1 Å². The van der Waals surface area contributed by atoms with Crippen molar-refractivity contribution in [3.63, 3.8) is 0 Å². The van der Waals surface area contributed by atoms with Crippen molar-refractivity contribution < 1.29 is 9.53 Å².